The third-order valence-electron chi connectivity index (χ3n) is 3.56. The Hall–Kier alpha value is -2.08. The third kappa shape index (κ3) is 7.04. The summed E-state index contributed by atoms with van der Waals surface area (Å²) >= 11 is 1.37. The summed E-state index contributed by atoms with van der Waals surface area (Å²) in [6.45, 7) is 10.1. The van der Waals surface area contributed by atoms with Gasteiger partial charge in [0.1, 0.15) is 5.82 Å². The number of carbonyl (C=O) groups excluding carboxylic acids is 1. The molecule has 0 atom stereocenters. The summed E-state index contributed by atoms with van der Waals surface area (Å²) in [6.07, 6.45) is 3.87. The largest absolute Gasteiger partial charge is 0.341 e. The Morgan fingerprint density at radius 3 is 2.38 bits per heavy atom. The molecule has 6 heteroatoms. The Bertz CT molecular complexity index is 700. The van der Waals surface area contributed by atoms with Crippen LogP contribution in [0.5, 0.6) is 0 Å². The molecule has 1 aromatic carbocycles. The van der Waals surface area contributed by atoms with Gasteiger partial charge in [-0.15, -0.1) is 5.10 Å². The minimum Gasteiger partial charge on any atom is -0.341 e. The fourth-order valence-electron chi connectivity index (χ4n) is 2.51. The lowest BCUT2D eigenvalue weighted by molar-refractivity contribution is -0.129. The van der Waals surface area contributed by atoms with E-state index in [2.05, 4.69) is 42.9 Å². The van der Waals surface area contributed by atoms with Crippen LogP contribution in [0.1, 0.15) is 39.1 Å². The Morgan fingerprint density at radius 2 is 1.77 bits per heavy atom. The normalized spacial score (nSPS) is 11.6. The molecular formula is C20H28N4OS. The first-order valence-electron chi connectivity index (χ1n) is 9.00. The zero-order valence-corrected chi connectivity index (χ0v) is 16.8. The average molecular weight is 373 g/mol. The molecule has 0 saturated heterocycles. The fourth-order valence-corrected chi connectivity index (χ4v) is 3.22. The Morgan fingerprint density at radius 1 is 1.12 bits per heavy atom. The van der Waals surface area contributed by atoms with E-state index < -0.39 is 0 Å². The highest BCUT2D eigenvalue weighted by Gasteiger charge is 2.17. The number of amides is 1. The number of hydrogen-bond acceptors (Lipinski definition) is 4. The van der Waals surface area contributed by atoms with E-state index in [4.69, 9.17) is 0 Å². The van der Waals surface area contributed by atoms with E-state index >= 15 is 0 Å². The van der Waals surface area contributed by atoms with E-state index in [0.717, 1.165) is 18.7 Å². The summed E-state index contributed by atoms with van der Waals surface area (Å²) in [4.78, 5) is 18.9. The van der Waals surface area contributed by atoms with Gasteiger partial charge >= 0.3 is 0 Å². The first kappa shape index (κ1) is 20.2. The van der Waals surface area contributed by atoms with Crippen molar-refractivity contribution in [2.24, 2.45) is 11.8 Å². The molecule has 0 aliphatic heterocycles. The van der Waals surface area contributed by atoms with E-state index in [-0.39, 0.29) is 5.91 Å². The second kappa shape index (κ2) is 10.2. The SMILES string of the molecule is CC(C)CN(CC(C)C)C(=O)CSc1n[nH]c(/C=C/c2ccccc2)n1. The zero-order chi connectivity index (χ0) is 18.9. The van der Waals surface area contributed by atoms with E-state index in [1.54, 1.807) is 0 Å². The molecule has 0 bridgehead atoms. The van der Waals surface area contributed by atoms with Crippen molar-refractivity contribution in [3.63, 3.8) is 0 Å². The van der Waals surface area contributed by atoms with Crippen LogP contribution in [0.2, 0.25) is 0 Å². The number of aromatic amines is 1. The molecule has 26 heavy (non-hydrogen) atoms. The van der Waals surface area contributed by atoms with Crippen LogP contribution in [-0.4, -0.2) is 44.8 Å². The molecule has 1 heterocycles. The van der Waals surface area contributed by atoms with Crippen molar-refractivity contribution in [1.82, 2.24) is 20.1 Å². The van der Waals surface area contributed by atoms with Gasteiger partial charge in [0.25, 0.3) is 0 Å². The highest BCUT2D eigenvalue weighted by Crippen LogP contribution is 2.15. The smallest absolute Gasteiger partial charge is 0.233 e. The molecule has 1 amide bonds. The van der Waals surface area contributed by atoms with Gasteiger partial charge in [0, 0.05) is 13.1 Å². The van der Waals surface area contributed by atoms with Crippen LogP contribution in [-0.2, 0) is 4.79 Å². The summed E-state index contributed by atoms with van der Waals surface area (Å²) in [5.74, 6) is 2.11. The maximum atomic E-state index is 12.5. The molecule has 2 aromatic rings. The molecule has 1 N–H and O–H groups in total. The van der Waals surface area contributed by atoms with Gasteiger partial charge < -0.3 is 4.90 Å². The van der Waals surface area contributed by atoms with Crippen LogP contribution in [0.25, 0.3) is 12.2 Å². The molecule has 0 radical (unpaired) electrons. The highest BCUT2D eigenvalue weighted by molar-refractivity contribution is 7.99. The predicted molar refractivity (Wildman–Crippen MR) is 109 cm³/mol. The van der Waals surface area contributed by atoms with Crippen molar-refractivity contribution >= 4 is 29.8 Å². The fraction of sp³-hybridized carbons (Fsp3) is 0.450. The van der Waals surface area contributed by atoms with Crippen molar-refractivity contribution in [1.29, 1.82) is 0 Å². The molecule has 0 aliphatic rings. The monoisotopic (exact) mass is 372 g/mol. The van der Waals surface area contributed by atoms with Crippen LogP contribution < -0.4 is 0 Å². The molecule has 5 nitrogen and oxygen atoms in total. The molecule has 0 saturated carbocycles. The summed E-state index contributed by atoms with van der Waals surface area (Å²) in [5, 5.41) is 7.68. The molecule has 0 unspecified atom stereocenters. The second-order valence-electron chi connectivity index (χ2n) is 7.12. The topological polar surface area (TPSA) is 61.9 Å². The molecule has 0 spiro atoms. The standard InChI is InChI=1S/C20H28N4OS/c1-15(2)12-24(13-16(3)4)19(25)14-26-20-21-18(22-23-20)11-10-17-8-6-5-7-9-17/h5-11,15-16H,12-14H2,1-4H3,(H,21,22,23)/b11-10+. The lowest BCUT2D eigenvalue weighted by Gasteiger charge is -2.26. The van der Waals surface area contributed by atoms with E-state index in [0.29, 0.717) is 28.6 Å². The van der Waals surface area contributed by atoms with Crippen molar-refractivity contribution < 1.29 is 4.79 Å². The van der Waals surface area contributed by atoms with Gasteiger partial charge in [-0.2, -0.15) is 0 Å². The first-order chi connectivity index (χ1) is 12.4. The van der Waals surface area contributed by atoms with Crippen LogP contribution in [0.4, 0.5) is 0 Å². The maximum absolute atomic E-state index is 12.5. The summed E-state index contributed by atoms with van der Waals surface area (Å²) < 4.78 is 0. The third-order valence-corrected chi connectivity index (χ3v) is 4.40. The summed E-state index contributed by atoms with van der Waals surface area (Å²) in [6, 6.07) is 10.0. The van der Waals surface area contributed by atoms with Crippen molar-refractivity contribution in [2.75, 3.05) is 18.8 Å². The van der Waals surface area contributed by atoms with Crippen LogP contribution >= 0.6 is 11.8 Å². The quantitative estimate of drug-likeness (QED) is 0.670. The lowest BCUT2D eigenvalue weighted by Crippen LogP contribution is -2.38. The minimum atomic E-state index is 0.142. The number of thioether (sulfide) groups is 1. The molecular weight excluding hydrogens is 344 g/mol. The van der Waals surface area contributed by atoms with Gasteiger partial charge in [-0.3, -0.25) is 9.89 Å². The van der Waals surface area contributed by atoms with Crippen molar-refractivity contribution in [3.05, 3.63) is 41.7 Å². The minimum absolute atomic E-state index is 0.142. The Labute approximate surface area is 160 Å². The Kier molecular flexibility index (Phi) is 7.91. The highest BCUT2D eigenvalue weighted by atomic mass is 32.2. The number of nitrogens with zero attached hydrogens (tertiary/aromatic N) is 3. The molecule has 0 fully saturated rings. The van der Waals surface area contributed by atoms with E-state index in [1.165, 1.54) is 11.8 Å². The lowest BCUT2D eigenvalue weighted by atomic mass is 10.1. The number of rotatable bonds is 9. The number of nitrogens with one attached hydrogen (secondary N) is 1. The summed E-state index contributed by atoms with van der Waals surface area (Å²) in [5.41, 5.74) is 1.10. The van der Waals surface area contributed by atoms with Gasteiger partial charge in [0.15, 0.2) is 0 Å². The van der Waals surface area contributed by atoms with Gasteiger partial charge in [0.05, 0.1) is 5.75 Å². The van der Waals surface area contributed by atoms with Gasteiger partial charge in [-0.25, -0.2) is 4.98 Å². The van der Waals surface area contributed by atoms with Gasteiger partial charge in [-0.1, -0.05) is 75.9 Å². The molecule has 1 aromatic heterocycles. The van der Waals surface area contributed by atoms with Crippen LogP contribution in [0.3, 0.4) is 0 Å². The summed E-state index contributed by atoms with van der Waals surface area (Å²) in [7, 11) is 0. The number of benzene rings is 1. The average Bonchev–Trinajstić information content (AvgIpc) is 3.05. The Balaban J connectivity index is 1.89. The number of carbonyl (C=O) groups is 1. The maximum Gasteiger partial charge on any atom is 0.233 e. The van der Waals surface area contributed by atoms with Crippen molar-refractivity contribution in [3.8, 4) is 0 Å². The number of hydrogen-bond donors (Lipinski definition) is 1. The van der Waals surface area contributed by atoms with Crippen LogP contribution in [0, 0.1) is 11.8 Å². The first-order valence-corrected chi connectivity index (χ1v) is 9.98. The zero-order valence-electron chi connectivity index (χ0n) is 16.0. The number of H-pyrrole nitrogens is 1. The molecule has 2 rings (SSSR count). The van der Waals surface area contributed by atoms with Crippen LogP contribution in [0.15, 0.2) is 35.5 Å². The second-order valence-corrected chi connectivity index (χ2v) is 8.06. The van der Waals surface area contributed by atoms with Gasteiger partial charge in [-0.05, 0) is 23.5 Å². The molecule has 0 aliphatic carbocycles. The van der Waals surface area contributed by atoms with E-state index in [9.17, 15) is 4.79 Å². The van der Waals surface area contributed by atoms with Crippen molar-refractivity contribution in [2.45, 2.75) is 32.9 Å². The molecule has 140 valence electrons. The van der Waals surface area contributed by atoms with Gasteiger partial charge in [0.2, 0.25) is 11.1 Å². The van der Waals surface area contributed by atoms with E-state index in [1.807, 2.05) is 47.4 Å². The number of aromatic nitrogens is 3. The predicted octanol–water partition coefficient (Wildman–Crippen LogP) is 4.21.